The van der Waals surface area contributed by atoms with E-state index in [0.29, 0.717) is 17.6 Å². The number of hydrogen-bond donors (Lipinski definition) is 2. The van der Waals surface area contributed by atoms with E-state index in [-0.39, 0.29) is 17.8 Å². The van der Waals surface area contributed by atoms with Crippen molar-refractivity contribution in [2.75, 3.05) is 5.32 Å². The quantitative estimate of drug-likeness (QED) is 0.599. The summed E-state index contributed by atoms with van der Waals surface area (Å²) in [7, 11) is 0. The molecule has 124 valence electrons. The largest absolute Gasteiger partial charge is 0.324 e. The number of anilines is 1. The van der Waals surface area contributed by atoms with E-state index in [1.165, 1.54) is 6.20 Å². The number of rotatable bonds is 4. The fourth-order valence-electron chi connectivity index (χ4n) is 2.83. The van der Waals surface area contributed by atoms with Gasteiger partial charge in [0, 0.05) is 17.2 Å². The second kappa shape index (κ2) is 6.20. The highest BCUT2D eigenvalue weighted by Gasteiger charge is 2.09. The van der Waals surface area contributed by atoms with Crippen LogP contribution in [0.4, 0.5) is 5.69 Å². The average molecular weight is 333 g/mol. The molecule has 2 heterocycles. The Hall–Kier alpha value is -3.48. The molecule has 7 heteroatoms. The van der Waals surface area contributed by atoms with E-state index in [1.54, 1.807) is 16.9 Å². The van der Waals surface area contributed by atoms with Gasteiger partial charge in [-0.3, -0.25) is 19.4 Å². The minimum atomic E-state index is -0.133. The minimum Gasteiger partial charge on any atom is -0.324 e. The molecule has 2 aromatic heterocycles. The molecule has 0 saturated heterocycles. The maximum absolute atomic E-state index is 12.3. The Labute approximate surface area is 142 Å². The van der Waals surface area contributed by atoms with E-state index >= 15 is 0 Å². The summed E-state index contributed by atoms with van der Waals surface area (Å²) in [5.41, 5.74) is 2.08. The van der Waals surface area contributed by atoms with Crippen LogP contribution in [0.15, 0.2) is 59.7 Å². The Morgan fingerprint density at radius 1 is 1.12 bits per heavy atom. The molecule has 0 radical (unpaired) electrons. The second-order valence-corrected chi connectivity index (χ2v) is 5.69. The Morgan fingerprint density at radius 2 is 2.00 bits per heavy atom. The molecule has 0 fully saturated rings. The molecule has 4 aromatic rings. The monoisotopic (exact) mass is 333 g/mol. The molecule has 2 N–H and O–H groups in total. The fraction of sp³-hybridized carbons (Fsp3) is 0.111. The summed E-state index contributed by atoms with van der Waals surface area (Å²) in [6.45, 7) is 0.381. The Morgan fingerprint density at radius 3 is 2.92 bits per heavy atom. The number of aryl methyl sites for hydroxylation is 1. The zero-order valence-electron chi connectivity index (χ0n) is 13.3. The number of H-pyrrole nitrogens is 1. The SMILES string of the molecule is O=C(CCn1ncc(=O)c2ccccc21)Nc1cccc2cn[nH]c12. The van der Waals surface area contributed by atoms with Gasteiger partial charge in [0.15, 0.2) is 0 Å². The summed E-state index contributed by atoms with van der Waals surface area (Å²) in [5, 5.41) is 15.4. The van der Waals surface area contributed by atoms with Gasteiger partial charge in [-0.15, -0.1) is 0 Å². The minimum absolute atomic E-state index is 0.123. The molecule has 0 atom stereocenters. The summed E-state index contributed by atoms with van der Waals surface area (Å²) in [5.74, 6) is -0.133. The number of amides is 1. The first-order chi connectivity index (χ1) is 12.2. The zero-order valence-corrected chi connectivity index (χ0v) is 13.3. The number of carbonyl (C=O) groups excluding carboxylic acids is 1. The number of carbonyl (C=O) groups is 1. The van der Waals surface area contributed by atoms with E-state index in [1.807, 2.05) is 36.4 Å². The van der Waals surface area contributed by atoms with Crippen molar-refractivity contribution in [2.45, 2.75) is 13.0 Å². The van der Waals surface area contributed by atoms with Crippen molar-refractivity contribution >= 4 is 33.4 Å². The van der Waals surface area contributed by atoms with Crippen molar-refractivity contribution in [3.63, 3.8) is 0 Å². The van der Waals surface area contributed by atoms with Crippen LogP contribution in [-0.2, 0) is 11.3 Å². The van der Waals surface area contributed by atoms with Gasteiger partial charge in [-0.2, -0.15) is 10.2 Å². The highest BCUT2D eigenvalue weighted by Crippen LogP contribution is 2.20. The van der Waals surface area contributed by atoms with Gasteiger partial charge in [-0.1, -0.05) is 24.3 Å². The van der Waals surface area contributed by atoms with Crippen LogP contribution in [-0.4, -0.2) is 25.9 Å². The maximum Gasteiger partial charge on any atom is 0.226 e. The van der Waals surface area contributed by atoms with E-state index < -0.39 is 0 Å². The molecule has 1 amide bonds. The third kappa shape index (κ3) is 2.87. The lowest BCUT2D eigenvalue weighted by Gasteiger charge is -2.10. The van der Waals surface area contributed by atoms with Crippen molar-refractivity contribution in [1.29, 1.82) is 0 Å². The highest BCUT2D eigenvalue weighted by atomic mass is 16.1. The van der Waals surface area contributed by atoms with E-state index in [4.69, 9.17) is 0 Å². The summed E-state index contributed by atoms with van der Waals surface area (Å²) in [6, 6.07) is 12.9. The van der Waals surface area contributed by atoms with E-state index in [9.17, 15) is 9.59 Å². The molecule has 0 saturated carbocycles. The van der Waals surface area contributed by atoms with E-state index in [0.717, 1.165) is 16.4 Å². The van der Waals surface area contributed by atoms with Gasteiger partial charge in [0.2, 0.25) is 11.3 Å². The number of aromatic nitrogens is 4. The van der Waals surface area contributed by atoms with Crippen LogP contribution in [0.3, 0.4) is 0 Å². The zero-order chi connectivity index (χ0) is 17.2. The molecule has 4 rings (SSSR count). The lowest BCUT2D eigenvalue weighted by Crippen LogP contribution is -2.18. The second-order valence-electron chi connectivity index (χ2n) is 5.69. The summed E-state index contributed by atoms with van der Waals surface area (Å²) in [4.78, 5) is 24.2. The van der Waals surface area contributed by atoms with E-state index in [2.05, 4.69) is 20.6 Å². The molecule has 0 bridgehead atoms. The molecular weight excluding hydrogens is 318 g/mol. The van der Waals surface area contributed by atoms with Crippen LogP contribution in [0.1, 0.15) is 6.42 Å². The van der Waals surface area contributed by atoms with Crippen molar-refractivity contribution in [3.8, 4) is 0 Å². The van der Waals surface area contributed by atoms with Gasteiger partial charge in [-0.05, 0) is 18.2 Å². The molecule has 0 aliphatic rings. The topological polar surface area (TPSA) is 92.7 Å². The Bertz CT molecular complexity index is 1130. The average Bonchev–Trinajstić information content (AvgIpc) is 3.11. The number of aromatic amines is 1. The molecule has 0 aliphatic heterocycles. The molecule has 2 aromatic carbocycles. The summed E-state index contributed by atoms with van der Waals surface area (Å²) in [6.07, 6.45) is 3.23. The molecule has 0 aliphatic carbocycles. The van der Waals surface area contributed by atoms with Crippen LogP contribution < -0.4 is 10.7 Å². The summed E-state index contributed by atoms with van der Waals surface area (Å²) < 4.78 is 1.67. The van der Waals surface area contributed by atoms with Crippen LogP contribution in [0, 0.1) is 0 Å². The van der Waals surface area contributed by atoms with Crippen molar-refractivity contribution in [2.24, 2.45) is 0 Å². The normalized spacial score (nSPS) is 11.0. The van der Waals surface area contributed by atoms with Gasteiger partial charge < -0.3 is 5.32 Å². The summed E-state index contributed by atoms with van der Waals surface area (Å²) >= 11 is 0. The maximum atomic E-state index is 12.3. The van der Waals surface area contributed by atoms with Crippen LogP contribution >= 0.6 is 0 Å². The Balaban J connectivity index is 1.52. The number of hydrogen-bond acceptors (Lipinski definition) is 4. The number of fused-ring (bicyclic) bond motifs is 2. The molecule has 25 heavy (non-hydrogen) atoms. The van der Waals surface area contributed by atoms with Crippen LogP contribution in [0.2, 0.25) is 0 Å². The number of benzene rings is 2. The standard InChI is InChI=1S/C18H15N5O2/c24-16-11-20-23(15-7-2-1-5-13(15)16)9-8-17(25)21-14-6-3-4-12-10-19-22-18(12)14/h1-7,10-11H,8-9H2,(H,19,22)(H,21,25). The first kappa shape index (κ1) is 15.1. The van der Waals surface area contributed by atoms with Crippen LogP contribution in [0.5, 0.6) is 0 Å². The lowest BCUT2D eigenvalue weighted by molar-refractivity contribution is -0.116. The van der Waals surface area contributed by atoms with Gasteiger partial charge in [0.25, 0.3) is 0 Å². The van der Waals surface area contributed by atoms with Crippen molar-refractivity contribution < 1.29 is 4.79 Å². The van der Waals surface area contributed by atoms with Gasteiger partial charge >= 0.3 is 0 Å². The third-order valence-electron chi connectivity index (χ3n) is 4.06. The van der Waals surface area contributed by atoms with Crippen molar-refractivity contribution in [3.05, 3.63) is 65.1 Å². The molecule has 0 unspecified atom stereocenters. The van der Waals surface area contributed by atoms with Gasteiger partial charge in [0.05, 0.1) is 35.7 Å². The lowest BCUT2D eigenvalue weighted by atomic mass is 10.2. The molecular formula is C18H15N5O2. The van der Waals surface area contributed by atoms with Crippen LogP contribution in [0.25, 0.3) is 21.8 Å². The predicted octanol–water partition coefficient (Wildman–Crippen LogP) is 2.30. The molecule has 7 nitrogen and oxygen atoms in total. The first-order valence-electron chi connectivity index (χ1n) is 7.89. The molecule has 0 spiro atoms. The first-order valence-corrected chi connectivity index (χ1v) is 7.89. The number of nitrogens with zero attached hydrogens (tertiary/aromatic N) is 3. The number of nitrogens with one attached hydrogen (secondary N) is 2. The third-order valence-corrected chi connectivity index (χ3v) is 4.06. The predicted molar refractivity (Wildman–Crippen MR) is 95.3 cm³/mol. The fourth-order valence-corrected chi connectivity index (χ4v) is 2.83. The number of para-hydroxylation sites is 2. The van der Waals surface area contributed by atoms with Gasteiger partial charge in [0.1, 0.15) is 0 Å². The highest BCUT2D eigenvalue weighted by molar-refractivity contribution is 6.00. The van der Waals surface area contributed by atoms with Crippen molar-refractivity contribution in [1.82, 2.24) is 20.0 Å². The van der Waals surface area contributed by atoms with Gasteiger partial charge in [-0.25, -0.2) is 0 Å². The smallest absolute Gasteiger partial charge is 0.226 e. The Kier molecular flexibility index (Phi) is 3.74.